The third-order valence-electron chi connectivity index (χ3n) is 9.28. The molecular weight excluding hydrogens is 558 g/mol. The number of rotatable bonds is 6. The van der Waals surface area contributed by atoms with Crippen molar-refractivity contribution < 1.29 is 5.11 Å². The van der Waals surface area contributed by atoms with Crippen LogP contribution in [0.3, 0.4) is 0 Å². The van der Waals surface area contributed by atoms with Crippen molar-refractivity contribution in [1.29, 1.82) is 0 Å². The number of aromatic nitrogens is 7. The van der Waals surface area contributed by atoms with Crippen molar-refractivity contribution in [3.05, 3.63) is 86.2 Å². The van der Waals surface area contributed by atoms with Crippen LogP contribution < -0.4 is 16.4 Å². The molecule has 0 aromatic carbocycles. The summed E-state index contributed by atoms with van der Waals surface area (Å²) in [5.74, 6) is 0.876. The van der Waals surface area contributed by atoms with E-state index in [0.717, 1.165) is 43.9 Å². The zero-order valence-corrected chi connectivity index (χ0v) is 25.1. The predicted molar refractivity (Wildman–Crippen MR) is 165 cm³/mol. The monoisotopic (exact) mass is 593 g/mol. The molecule has 0 radical (unpaired) electrons. The van der Waals surface area contributed by atoms with E-state index in [9.17, 15) is 14.7 Å². The lowest BCUT2D eigenvalue weighted by Crippen LogP contribution is -2.35. The highest BCUT2D eigenvalue weighted by atomic mass is 16.3. The number of nitrogens with one attached hydrogen (secondary N) is 1. The second-order valence-electron chi connectivity index (χ2n) is 13.2. The molecule has 0 unspecified atom stereocenters. The molecule has 0 amide bonds. The third-order valence-corrected chi connectivity index (χ3v) is 9.28. The van der Waals surface area contributed by atoms with Gasteiger partial charge in [-0.2, -0.15) is 14.9 Å². The van der Waals surface area contributed by atoms with E-state index in [1.165, 1.54) is 27.7 Å². The molecule has 0 saturated heterocycles. The molecule has 226 valence electrons. The van der Waals surface area contributed by atoms with Crippen molar-refractivity contribution in [1.82, 2.24) is 38.4 Å². The van der Waals surface area contributed by atoms with Crippen LogP contribution in [0.4, 0.5) is 11.5 Å². The molecule has 1 saturated carbocycles. The van der Waals surface area contributed by atoms with Gasteiger partial charge in [0, 0.05) is 61.5 Å². The average molecular weight is 594 g/mol. The van der Waals surface area contributed by atoms with Gasteiger partial charge in [0.15, 0.2) is 11.6 Å². The van der Waals surface area contributed by atoms with Gasteiger partial charge in [-0.3, -0.25) is 23.6 Å². The average Bonchev–Trinajstić information content (AvgIpc) is 3.59. The maximum absolute atomic E-state index is 13.7. The Morgan fingerprint density at radius 2 is 1.93 bits per heavy atom. The molecule has 2 N–H and O–H groups in total. The van der Waals surface area contributed by atoms with Crippen LogP contribution in [0, 0.1) is 5.41 Å². The van der Waals surface area contributed by atoms with Crippen LogP contribution in [0.1, 0.15) is 49.2 Å². The number of nitrogens with zero attached hydrogens (tertiary/aromatic N) is 8. The summed E-state index contributed by atoms with van der Waals surface area (Å²) in [6.07, 6.45) is 9.28. The molecule has 44 heavy (non-hydrogen) atoms. The molecule has 5 aromatic rings. The number of hydrogen-bond acceptors (Lipinski definition) is 8. The lowest BCUT2D eigenvalue weighted by molar-refractivity contribution is 0.204. The van der Waals surface area contributed by atoms with Gasteiger partial charge in [-0.1, -0.05) is 13.8 Å². The van der Waals surface area contributed by atoms with Gasteiger partial charge in [-0.25, -0.2) is 4.98 Å². The summed E-state index contributed by atoms with van der Waals surface area (Å²) in [4.78, 5) is 33.9. The largest absolute Gasteiger partial charge is 0.392 e. The molecule has 3 aliphatic rings. The summed E-state index contributed by atoms with van der Waals surface area (Å²) < 4.78 is 6.65. The Morgan fingerprint density at radius 1 is 1.09 bits per heavy atom. The fourth-order valence-electron chi connectivity index (χ4n) is 6.99. The quantitative estimate of drug-likeness (QED) is 0.308. The number of aryl methyl sites for hydroxylation is 1. The lowest BCUT2D eigenvalue weighted by Gasteiger charge is -2.27. The Bertz CT molecular complexity index is 2080. The smallest absolute Gasteiger partial charge is 0.297 e. The van der Waals surface area contributed by atoms with E-state index >= 15 is 0 Å². The molecule has 0 spiro atoms. The van der Waals surface area contributed by atoms with Gasteiger partial charge in [0.2, 0.25) is 0 Å². The normalized spacial score (nSPS) is 17.6. The Morgan fingerprint density at radius 3 is 2.73 bits per heavy atom. The molecule has 12 nitrogen and oxygen atoms in total. The van der Waals surface area contributed by atoms with E-state index in [0.29, 0.717) is 39.8 Å². The Hall–Kier alpha value is -4.55. The summed E-state index contributed by atoms with van der Waals surface area (Å²) in [5.41, 5.74) is 5.74. The highest BCUT2D eigenvalue weighted by Crippen LogP contribution is 2.37. The van der Waals surface area contributed by atoms with E-state index in [-0.39, 0.29) is 29.0 Å². The van der Waals surface area contributed by atoms with Gasteiger partial charge in [-0.15, -0.1) is 0 Å². The van der Waals surface area contributed by atoms with Crippen LogP contribution in [0.2, 0.25) is 0 Å². The van der Waals surface area contributed by atoms with Crippen molar-refractivity contribution in [3.63, 3.8) is 0 Å². The minimum absolute atomic E-state index is 0.151. The van der Waals surface area contributed by atoms with Gasteiger partial charge in [0.1, 0.15) is 17.5 Å². The van der Waals surface area contributed by atoms with Crippen LogP contribution in [0.15, 0.2) is 52.6 Å². The first kappa shape index (κ1) is 27.0. The van der Waals surface area contributed by atoms with Crippen molar-refractivity contribution in [2.24, 2.45) is 12.5 Å². The van der Waals surface area contributed by atoms with E-state index in [4.69, 9.17) is 5.10 Å². The van der Waals surface area contributed by atoms with Crippen molar-refractivity contribution >= 4 is 17.0 Å². The molecule has 0 atom stereocenters. The first-order valence-electron chi connectivity index (χ1n) is 15.2. The highest BCUT2D eigenvalue weighted by Gasteiger charge is 2.33. The Balaban J connectivity index is 1.16. The molecule has 12 heteroatoms. The van der Waals surface area contributed by atoms with Gasteiger partial charge in [0.05, 0.1) is 18.8 Å². The van der Waals surface area contributed by atoms with Crippen LogP contribution in [-0.4, -0.2) is 56.1 Å². The number of pyridine rings is 2. The summed E-state index contributed by atoms with van der Waals surface area (Å²) in [6.45, 7) is 6.75. The van der Waals surface area contributed by atoms with Gasteiger partial charge in [-0.05, 0) is 60.4 Å². The van der Waals surface area contributed by atoms with Crippen LogP contribution in [-0.2, 0) is 39.6 Å². The number of fused-ring (bicyclic) bond motifs is 4. The van der Waals surface area contributed by atoms with Crippen LogP contribution >= 0.6 is 0 Å². The molecule has 6 heterocycles. The Labute approximate surface area is 253 Å². The van der Waals surface area contributed by atoms with Crippen molar-refractivity contribution in [2.45, 2.75) is 65.3 Å². The minimum atomic E-state index is -0.375. The zero-order valence-electron chi connectivity index (χ0n) is 25.1. The molecule has 8 rings (SSSR count). The first-order chi connectivity index (χ1) is 21.2. The van der Waals surface area contributed by atoms with E-state index < -0.39 is 0 Å². The summed E-state index contributed by atoms with van der Waals surface area (Å²) >= 11 is 0. The van der Waals surface area contributed by atoms with E-state index in [1.54, 1.807) is 37.9 Å². The first-order valence-corrected chi connectivity index (χ1v) is 15.2. The van der Waals surface area contributed by atoms with Crippen molar-refractivity contribution in [2.75, 3.05) is 11.9 Å². The van der Waals surface area contributed by atoms with Crippen molar-refractivity contribution in [3.8, 4) is 16.9 Å². The molecule has 2 aliphatic carbocycles. The molecule has 1 aliphatic heterocycles. The summed E-state index contributed by atoms with van der Waals surface area (Å²) in [5, 5.41) is 23.0. The maximum atomic E-state index is 13.7. The summed E-state index contributed by atoms with van der Waals surface area (Å²) in [6, 6.07) is 8.19. The fourth-order valence-corrected chi connectivity index (χ4v) is 6.99. The second kappa shape index (κ2) is 9.73. The minimum Gasteiger partial charge on any atom is -0.392 e. The maximum Gasteiger partial charge on any atom is 0.297 e. The highest BCUT2D eigenvalue weighted by molar-refractivity contribution is 5.73. The number of anilines is 2. The van der Waals surface area contributed by atoms with Gasteiger partial charge in [0.25, 0.3) is 11.1 Å². The standard InChI is InChI=1S/C32H35N9O3/c1-32(2)13-19-11-26-31(44)41(34-18-39(26)27(19)14-32)29-24(17-42)23(6-7-33-29)20-10-25(30(43)37(3)15-20)35-28-12-22-16-38(21-4-5-21)8-9-40(22)36-28/h6-7,10-12,15,18,21,42H,4-5,8-9,13-14,16-17H2,1-3H3,(H,35,36). The molecule has 5 aromatic heterocycles. The molecule has 1 fully saturated rings. The van der Waals surface area contributed by atoms with Gasteiger partial charge >= 0.3 is 0 Å². The second-order valence-corrected chi connectivity index (χ2v) is 13.2. The van der Waals surface area contributed by atoms with Crippen LogP contribution in [0.25, 0.3) is 22.5 Å². The van der Waals surface area contributed by atoms with E-state index in [1.807, 2.05) is 21.2 Å². The SMILES string of the molecule is Cn1cc(-c2ccnc(-n3ncn4c5c(cc4c3=O)CC(C)(C)C5)c2CO)cc(Nc2cc3n(n2)CCN(C2CC2)C3)c1=O. The number of aliphatic hydroxyl groups is 1. The van der Waals surface area contributed by atoms with E-state index in [2.05, 4.69) is 34.1 Å². The topological polar surface area (TPSA) is 128 Å². The molecule has 0 bridgehead atoms. The predicted octanol–water partition coefficient (Wildman–Crippen LogP) is 2.78. The number of hydrogen-bond donors (Lipinski definition) is 2. The number of aliphatic hydroxyl groups excluding tert-OH is 1. The lowest BCUT2D eigenvalue weighted by atomic mass is 9.90. The summed E-state index contributed by atoms with van der Waals surface area (Å²) in [7, 11) is 1.69. The zero-order chi connectivity index (χ0) is 30.3. The van der Waals surface area contributed by atoms with Crippen LogP contribution in [0.5, 0.6) is 0 Å². The Kier molecular flexibility index (Phi) is 5.98. The van der Waals surface area contributed by atoms with Gasteiger partial charge < -0.3 is 15.0 Å². The fraction of sp³-hybridized carbons (Fsp3) is 0.406. The third kappa shape index (κ3) is 4.39. The molecular formula is C32H35N9O3.